The number of hydrogen-bond acceptors (Lipinski definition) is 4. The molecule has 1 aromatic heterocycles. The lowest BCUT2D eigenvalue weighted by Crippen LogP contribution is -2.11. The number of nitrogens with zero attached hydrogens (tertiary/aromatic N) is 1. The van der Waals surface area contributed by atoms with Gasteiger partial charge in [-0.1, -0.05) is 11.6 Å². The average Bonchev–Trinajstić information content (AvgIpc) is 2.80. The van der Waals surface area contributed by atoms with E-state index >= 15 is 0 Å². The van der Waals surface area contributed by atoms with E-state index in [-0.39, 0.29) is 12.2 Å². The maximum Gasteiger partial charge on any atom is 0.420 e. The highest BCUT2D eigenvalue weighted by Crippen LogP contribution is 2.41. The van der Waals surface area contributed by atoms with Crippen LogP contribution >= 0.6 is 22.9 Å². The number of halogens is 5. The first-order valence-corrected chi connectivity index (χ1v) is 6.79. The molecular weight excluding hydrogens is 332 g/mol. The van der Waals surface area contributed by atoms with Crippen molar-refractivity contribution in [2.24, 2.45) is 0 Å². The zero-order chi connectivity index (χ0) is 15.6. The van der Waals surface area contributed by atoms with Crippen LogP contribution in [0.2, 0.25) is 4.47 Å². The third-order valence-electron chi connectivity index (χ3n) is 2.54. The van der Waals surface area contributed by atoms with Gasteiger partial charge in [-0.25, -0.2) is 9.37 Å². The number of hydrogen-bond donors (Lipinski definition) is 1. The van der Waals surface area contributed by atoms with Crippen molar-refractivity contribution >= 4 is 28.6 Å². The molecule has 2 aromatic rings. The van der Waals surface area contributed by atoms with Crippen LogP contribution in [-0.4, -0.2) is 12.1 Å². The smallest absolute Gasteiger partial charge is 0.420 e. The molecule has 0 aliphatic rings. The molecule has 2 rings (SSSR count). The van der Waals surface area contributed by atoms with Gasteiger partial charge in [-0.2, -0.15) is 13.2 Å². The Balaban J connectivity index is 2.32. The second-order valence-corrected chi connectivity index (χ2v) is 5.66. The van der Waals surface area contributed by atoms with Crippen LogP contribution in [0.1, 0.15) is 10.4 Å². The number of thiazole rings is 1. The van der Waals surface area contributed by atoms with E-state index in [9.17, 15) is 17.6 Å². The summed E-state index contributed by atoms with van der Waals surface area (Å²) < 4.78 is 57.0. The highest BCUT2D eigenvalue weighted by Gasteiger charge is 2.36. The summed E-state index contributed by atoms with van der Waals surface area (Å²) in [5.41, 5.74) is -1.26. The first-order chi connectivity index (χ1) is 9.81. The molecule has 0 saturated heterocycles. The number of benzene rings is 1. The molecule has 0 amide bonds. The molecule has 0 spiro atoms. The first-order valence-electron chi connectivity index (χ1n) is 5.60. The van der Waals surface area contributed by atoms with E-state index in [1.165, 1.54) is 17.5 Å². The van der Waals surface area contributed by atoms with E-state index < -0.39 is 23.3 Å². The summed E-state index contributed by atoms with van der Waals surface area (Å²) in [4.78, 5) is 4.50. The molecule has 114 valence electrons. The van der Waals surface area contributed by atoms with Crippen LogP contribution in [0.25, 0.3) is 0 Å². The van der Waals surface area contributed by atoms with Gasteiger partial charge in [0.1, 0.15) is 11.4 Å². The summed E-state index contributed by atoms with van der Waals surface area (Å²) in [5, 5.41) is 2.69. The van der Waals surface area contributed by atoms with Gasteiger partial charge in [0.15, 0.2) is 10.2 Å². The van der Waals surface area contributed by atoms with Crippen molar-refractivity contribution in [1.29, 1.82) is 0 Å². The second-order valence-electron chi connectivity index (χ2n) is 3.96. The second kappa shape index (κ2) is 6.07. The molecule has 1 N–H and O–H groups in total. The number of ether oxygens (including phenoxy) is 1. The number of alkyl halides is 3. The van der Waals surface area contributed by atoms with Crippen molar-refractivity contribution in [3.05, 3.63) is 39.1 Å². The summed E-state index contributed by atoms with van der Waals surface area (Å²) in [6.45, 7) is 0.154. The Kier molecular flexibility index (Phi) is 4.58. The highest BCUT2D eigenvalue weighted by molar-refractivity contribution is 7.15. The van der Waals surface area contributed by atoms with E-state index in [0.717, 1.165) is 13.2 Å². The van der Waals surface area contributed by atoms with Crippen molar-refractivity contribution in [2.45, 2.75) is 12.7 Å². The molecule has 0 unspecified atom stereocenters. The van der Waals surface area contributed by atoms with Crippen molar-refractivity contribution in [2.75, 3.05) is 12.4 Å². The van der Waals surface area contributed by atoms with Gasteiger partial charge in [-0.05, 0) is 6.07 Å². The summed E-state index contributed by atoms with van der Waals surface area (Å²) in [5.74, 6) is -1.47. The van der Waals surface area contributed by atoms with Gasteiger partial charge >= 0.3 is 6.18 Å². The van der Waals surface area contributed by atoms with E-state index in [1.807, 2.05) is 0 Å². The van der Waals surface area contributed by atoms with Crippen LogP contribution in [0.15, 0.2) is 18.3 Å². The Bertz CT molecular complexity index is 645. The summed E-state index contributed by atoms with van der Waals surface area (Å²) in [6.07, 6.45) is -3.23. The molecule has 9 heteroatoms. The van der Waals surface area contributed by atoms with Gasteiger partial charge in [0, 0.05) is 17.1 Å². The standard InChI is InChI=1S/C12H9ClF4N2OS/c1-20-10-8(12(15,16)17)2-6(14)3-9(10)18-4-7-5-19-11(13)21-7/h2-3,5,18H,4H2,1H3. The van der Waals surface area contributed by atoms with Crippen LogP contribution in [-0.2, 0) is 12.7 Å². The van der Waals surface area contributed by atoms with E-state index in [0.29, 0.717) is 15.4 Å². The summed E-state index contributed by atoms with van der Waals surface area (Å²) in [7, 11) is 1.09. The summed E-state index contributed by atoms with van der Waals surface area (Å²) in [6, 6.07) is 1.34. The van der Waals surface area contributed by atoms with Crippen LogP contribution < -0.4 is 10.1 Å². The number of methoxy groups -OCH3 is 1. The lowest BCUT2D eigenvalue weighted by atomic mass is 10.1. The fourth-order valence-corrected chi connectivity index (χ4v) is 2.62. The molecule has 0 aliphatic carbocycles. The number of anilines is 1. The molecule has 0 radical (unpaired) electrons. The molecule has 21 heavy (non-hydrogen) atoms. The van der Waals surface area contributed by atoms with Crippen molar-refractivity contribution in [3.63, 3.8) is 0 Å². The van der Waals surface area contributed by atoms with E-state index in [2.05, 4.69) is 10.3 Å². The van der Waals surface area contributed by atoms with Crippen molar-refractivity contribution in [1.82, 2.24) is 4.98 Å². The highest BCUT2D eigenvalue weighted by atomic mass is 35.5. The van der Waals surface area contributed by atoms with Gasteiger partial charge in [0.2, 0.25) is 0 Å². The third kappa shape index (κ3) is 3.76. The van der Waals surface area contributed by atoms with Crippen LogP contribution in [0, 0.1) is 5.82 Å². The van der Waals surface area contributed by atoms with E-state index in [4.69, 9.17) is 16.3 Å². The largest absolute Gasteiger partial charge is 0.494 e. The minimum atomic E-state index is -4.71. The maximum atomic E-state index is 13.4. The monoisotopic (exact) mass is 340 g/mol. The van der Waals surface area contributed by atoms with Crippen molar-refractivity contribution < 1.29 is 22.3 Å². The van der Waals surface area contributed by atoms with E-state index in [1.54, 1.807) is 0 Å². The maximum absolute atomic E-state index is 13.4. The minimum absolute atomic E-state index is 0.0886. The first kappa shape index (κ1) is 15.8. The molecule has 0 aliphatic heterocycles. The van der Waals surface area contributed by atoms with Gasteiger partial charge in [0.25, 0.3) is 0 Å². The molecular formula is C12H9ClF4N2OS. The van der Waals surface area contributed by atoms with Crippen LogP contribution in [0.4, 0.5) is 23.2 Å². The Morgan fingerprint density at radius 2 is 2.10 bits per heavy atom. The van der Waals surface area contributed by atoms with Gasteiger partial charge < -0.3 is 10.1 Å². The zero-order valence-corrected chi connectivity index (χ0v) is 12.2. The molecule has 1 heterocycles. The van der Waals surface area contributed by atoms with Crippen LogP contribution in [0.5, 0.6) is 5.75 Å². The van der Waals surface area contributed by atoms with Crippen LogP contribution in [0.3, 0.4) is 0 Å². The Morgan fingerprint density at radius 3 is 2.62 bits per heavy atom. The SMILES string of the molecule is COc1c(NCc2cnc(Cl)s2)cc(F)cc1C(F)(F)F. The van der Waals surface area contributed by atoms with Crippen molar-refractivity contribution in [3.8, 4) is 5.75 Å². The van der Waals surface area contributed by atoms with Gasteiger partial charge in [-0.3, -0.25) is 0 Å². The fraction of sp³-hybridized carbons (Fsp3) is 0.250. The molecule has 0 bridgehead atoms. The Hall–Kier alpha value is -1.54. The predicted octanol–water partition coefficient (Wildman–Crippen LogP) is 4.58. The third-order valence-corrected chi connectivity index (χ3v) is 3.66. The Labute approximate surface area is 126 Å². The average molecular weight is 341 g/mol. The molecule has 3 nitrogen and oxygen atoms in total. The molecule has 0 atom stereocenters. The zero-order valence-electron chi connectivity index (χ0n) is 10.6. The van der Waals surface area contributed by atoms with Gasteiger partial charge in [-0.15, -0.1) is 11.3 Å². The number of aromatic nitrogens is 1. The molecule has 1 aromatic carbocycles. The minimum Gasteiger partial charge on any atom is -0.494 e. The number of nitrogens with one attached hydrogen (secondary N) is 1. The fourth-order valence-electron chi connectivity index (χ4n) is 1.70. The van der Waals surface area contributed by atoms with Gasteiger partial charge in [0.05, 0.1) is 19.3 Å². The topological polar surface area (TPSA) is 34.1 Å². The lowest BCUT2D eigenvalue weighted by Gasteiger charge is -2.16. The number of rotatable bonds is 4. The molecule has 0 fully saturated rings. The molecule has 0 saturated carbocycles. The summed E-state index contributed by atoms with van der Waals surface area (Å²) >= 11 is 6.83. The quantitative estimate of drug-likeness (QED) is 0.827. The normalized spacial score (nSPS) is 11.5. The predicted molar refractivity (Wildman–Crippen MR) is 72.4 cm³/mol. The lowest BCUT2D eigenvalue weighted by molar-refractivity contribution is -0.138. The Morgan fingerprint density at radius 1 is 1.38 bits per heavy atom.